The van der Waals surface area contributed by atoms with Gasteiger partial charge in [-0.1, -0.05) is 6.08 Å². The minimum absolute atomic E-state index is 0.0667. The third-order valence-electron chi connectivity index (χ3n) is 4.84. The first-order valence-electron chi connectivity index (χ1n) is 9.63. The van der Waals surface area contributed by atoms with Gasteiger partial charge in [0, 0.05) is 49.7 Å². The molecule has 2 aromatic rings. The van der Waals surface area contributed by atoms with Gasteiger partial charge in [0.1, 0.15) is 11.7 Å². The Morgan fingerprint density at radius 2 is 2.13 bits per heavy atom. The summed E-state index contributed by atoms with van der Waals surface area (Å²) in [5.74, 6) is -1.90. The SMILES string of the molecule is C\C=C(F)/C=C(F)\C=C\N1CCN(C(=O)CNc2ccc3[nH]c(=O)oc3c2)C(C)C1. The van der Waals surface area contributed by atoms with Gasteiger partial charge in [-0.3, -0.25) is 9.78 Å². The van der Waals surface area contributed by atoms with E-state index in [4.69, 9.17) is 4.42 Å². The van der Waals surface area contributed by atoms with Gasteiger partial charge in [0.25, 0.3) is 0 Å². The Morgan fingerprint density at radius 3 is 2.87 bits per heavy atom. The van der Waals surface area contributed by atoms with E-state index in [1.807, 2.05) is 11.8 Å². The Kier molecular flexibility index (Phi) is 6.71. The van der Waals surface area contributed by atoms with Gasteiger partial charge in [-0.15, -0.1) is 0 Å². The molecule has 1 atom stereocenters. The molecule has 1 aromatic carbocycles. The van der Waals surface area contributed by atoms with E-state index in [2.05, 4.69) is 10.3 Å². The van der Waals surface area contributed by atoms with E-state index in [1.165, 1.54) is 19.1 Å². The van der Waals surface area contributed by atoms with Gasteiger partial charge in [0.15, 0.2) is 5.58 Å². The van der Waals surface area contributed by atoms with Crippen molar-refractivity contribution in [3.63, 3.8) is 0 Å². The number of hydrogen-bond donors (Lipinski definition) is 2. The number of anilines is 1. The summed E-state index contributed by atoms with van der Waals surface area (Å²) < 4.78 is 31.7. The second kappa shape index (κ2) is 9.43. The van der Waals surface area contributed by atoms with Crippen molar-refractivity contribution in [1.82, 2.24) is 14.8 Å². The molecule has 1 aliphatic heterocycles. The molecule has 9 heteroatoms. The Hall–Kier alpha value is -3.36. The molecule has 3 rings (SSSR count). The van der Waals surface area contributed by atoms with E-state index in [9.17, 15) is 18.4 Å². The Morgan fingerprint density at radius 1 is 1.33 bits per heavy atom. The molecular weight excluding hydrogens is 394 g/mol. The third kappa shape index (κ3) is 5.37. The quantitative estimate of drug-likeness (QED) is 0.704. The Labute approximate surface area is 172 Å². The number of benzene rings is 1. The number of carbonyl (C=O) groups is 1. The average Bonchev–Trinajstić information content (AvgIpc) is 3.09. The molecule has 0 spiro atoms. The van der Waals surface area contributed by atoms with Gasteiger partial charge < -0.3 is 19.5 Å². The van der Waals surface area contributed by atoms with Crippen LogP contribution in [0.25, 0.3) is 11.1 Å². The summed E-state index contributed by atoms with van der Waals surface area (Å²) >= 11 is 0. The number of oxazole rings is 1. The fourth-order valence-electron chi connectivity index (χ4n) is 3.27. The lowest BCUT2D eigenvalue weighted by atomic mass is 10.2. The minimum atomic E-state index is -0.670. The van der Waals surface area contributed by atoms with Crippen LogP contribution >= 0.6 is 0 Å². The number of piperazine rings is 1. The molecule has 30 heavy (non-hydrogen) atoms. The molecule has 1 saturated heterocycles. The molecule has 0 bridgehead atoms. The zero-order valence-electron chi connectivity index (χ0n) is 16.8. The number of aromatic nitrogens is 1. The van der Waals surface area contributed by atoms with Crippen LogP contribution in [-0.2, 0) is 4.79 Å². The highest BCUT2D eigenvalue weighted by molar-refractivity contribution is 5.83. The van der Waals surface area contributed by atoms with Crippen LogP contribution in [0.15, 0.2) is 63.5 Å². The van der Waals surface area contributed by atoms with Crippen LogP contribution in [-0.4, -0.2) is 52.9 Å². The maximum absolute atomic E-state index is 13.6. The predicted molar refractivity (Wildman–Crippen MR) is 111 cm³/mol. The van der Waals surface area contributed by atoms with Gasteiger partial charge >= 0.3 is 5.76 Å². The highest BCUT2D eigenvalue weighted by atomic mass is 19.1. The number of aromatic amines is 1. The first kappa shape index (κ1) is 21.4. The molecular formula is C21H24F2N4O3. The van der Waals surface area contributed by atoms with Crippen molar-refractivity contribution >= 4 is 22.7 Å². The van der Waals surface area contributed by atoms with Gasteiger partial charge in [-0.05, 0) is 32.1 Å². The van der Waals surface area contributed by atoms with E-state index in [1.54, 1.807) is 29.3 Å². The zero-order valence-corrected chi connectivity index (χ0v) is 16.8. The molecule has 0 radical (unpaired) electrons. The van der Waals surface area contributed by atoms with Gasteiger partial charge in [0.2, 0.25) is 5.91 Å². The van der Waals surface area contributed by atoms with Crippen LogP contribution in [0.1, 0.15) is 13.8 Å². The van der Waals surface area contributed by atoms with Crippen LogP contribution in [0.4, 0.5) is 14.5 Å². The fourth-order valence-corrected chi connectivity index (χ4v) is 3.27. The maximum atomic E-state index is 13.6. The number of fused-ring (bicyclic) bond motifs is 1. The largest absolute Gasteiger partial charge is 0.417 e. The number of H-pyrrole nitrogens is 1. The molecule has 1 fully saturated rings. The number of allylic oxidation sites excluding steroid dienone is 5. The summed E-state index contributed by atoms with van der Waals surface area (Å²) in [7, 11) is 0. The smallest absolute Gasteiger partial charge is 0.408 e. The average molecular weight is 418 g/mol. The normalized spacial score (nSPS) is 18.5. The first-order valence-corrected chi connectivity index (χ1v) is 9.63. The van der Waals surface area contributed by atoms with E-state index >= 15 is 0 Å². The van der Waals surface area contributed by atoms with Crippen molar-refractivity contribution in [3.8, 4) is 0 Å². The van der Waals surface area contributed by atoms with Crippen molar-refractivity contribution in [2.24, 2.45) is 0 Å². The highest BCUT2D eigenvalue weighted by Crippen LogP contribution is 2.17. The molecule has 7 nitrogen and oxygen atoms in total. The Bertz CT molecular complexity index is 1050. The molecule has 2 heterocycles. The molecule has 1 amide bonds. The summed E-state index contributed by atoms with van der Waals surface area (Å²) in [6.45, 7) is 5.09. The summed E-state index contributed by atoms with van der Waals surface area (Å²) in [6.07, 6.45) is 4.79. The van der Waals surface area contributed by atoms with Crippen LogP contribution in [0.5, 0.6) is 0 Å². The number of carbonyl (C=O) groups excluding carboxylic acids is 1. The van der Waals surface area contributed by atoms with Gasteiger partial charge in [-0.25, -0.2) is 13.6 Å². The standard InChI is InChI=1S/C21H24F2N4O3/c1-3-15(22)10-16(23)6-7-26-8-9-27(14(2)13-26)20(28)12-24-17-4-5-18-19(11-17)30-21(29)25-18/h3-7,10-11,14,24H,8-9,12-13H2,1-2H3,(H,25,29)/b7-6+,15-3+,16-10+. The molecule has 0 saturated carbocycles. The first-order chi connectivity index (χ1) is 14.4. The van der Waals surface area contributed by atoms with Crippen molar-refractivity contribution in [1.29, 1.82) is 0 Å². The summed E-state index contributed by atoms with van der Waals surface area (Å²) in [4.78, 5) is 30.0. The lowest BCUT2D eigenvalue weighted by molar-refractivity contribution is -0.133. The van der Waals surface area contributed by atoms with Crippen LogP contribution < -0.4 is 11.1 Å². The molecule has 0 aliphatic carbocycles. The van der Waals surface area contributed by atoms with Crippen molar-refractivity contribution < 1.29 is 18.0 Å². The summed E-state index contributed by atoms with van der Waals surface area (Å²) in [5, 5.41) is 3.05. The lowest BCUT2D eigenvalue weighted by Gasteiger charge is -2.39. The lowest BCUT2D eigenvalue weighted by Crippen LogP contribution is -2.53. The predicted octanol–water partition coefficient (Wildman–Crippen LogP) is 3.31. The topological polar surface area (TPSA) is 81.6 Å². The number of rotatable bonds is 6. The number of nitrogens with one attached hydrogen (secondary N) is 2. The van der Waals surface area contributed by atoms with Crippen molar-refractivity contribution in [3.05, 3.63) is 64.8 Å². The van der Waals surface area contributed by atoms with Crippen LogP contribution in [0.3, 0.4) is 0 Å². The van der Waals surface area contributed by atoms with E-state index in [0.29, 0.717) is 36.4 Å². The molecule has 2 N–H and O–H groups in total. The molecule has 1 aromatic heterocycles. The molecule has 1 unspecified atom stereocenters. The number of hydrogen-bond acceptors (Lipinski definition) is 5. The maximum Gasteiger partial charge on any atom is 0.417 e. The monoisotopic (exact) mass is 418 g/mol. The number of amides is 1. The molecule has 1 aliphatic rings. The highest BCUT2D eigenvalue weighted by Gasteiger charge is 2.25. The van der Waals surface area contributed by atoms with Crippen LogP contribution in [0, 0.1) is 0 Å². The van der Waals surface area contributed by atoms with Crippen LogP contribution in [0.2, 0.25) is 0 Å². The van der Waals surface area contributed by atoms with Crippen molar-refractivity contribution in [2.45, 2.75) is 19.9 Å². The van der Waals surface area contributed by atoms with Gasteiger partial charge in [-0.2, -0.15) is 0 Å². The zero-order chi connectivity index (χ0) is 21.7. The second-order valence-corrected chi connectivity index (χ2v) is 7.03. The minimum Gasteiger partial charge on any atom is -0.408 e. The number of halogens is 2. The number of nitrogens with zero attached hydrogens (tertiary/aromatic N) is 2. The second-order valence-electron chi connectivity index (χ2n) is 7.03. The summed E-state index contributed by atoms with van der Waals surface area (Å²) in [6, 6.07) is 5.05. The Balaban J connectivity index is 1.52. The third-order valence-corrected chi connectivity index (χ3v) is 4.84. The summed E-state index contributed by atoms with van der Waals surface area (Å²) in [5.41, 5.74) is 1.68. The molecule has 160 valence electrons. The van der Waals surface area contributed by atoms with E-state index in [0.717, 1.165) is 6.08 Å². The van der Waals surface area contributed by atoms with Crippen molar-refractivity contribution in [2.75, 3.05) is 31.5 Å². The van der Waals surface area contributed by atoms with Gasteiger partial charge in [0.05, 0.1) is 12.1 Å². The van der Waals surface area contributed by atoms with E-state index < -0.39 is 17.4 Å². The fraction of sp³-hybridized carbons (Fsp3) is 0.333. The van der Waals surface area contributed by atoms with E-state index in [-0.39, 0.29) is 18.5 Å².